The van der Waals surface area contributed by atoms with E-state index in [2.05, 4.69) is 35.2 Å². The first-order chi connectivity index (χ1) is 6.93. The molecule has 2 saturated carbocycles. The van der Waals surface area contributed by atoms with Gasteiger partial charge in [-0.25, -0.2) is 0 Å². The minimum atomic E-state index is 0.919. The van der Waals surface area contributed by atoms with Crippen LogP contribution in [0.5, 0.6) is 0 Å². The van der Waals surface area contributed by atoms with E-state index in [0.29, 0.717) is 0 Å². The van der Waals surface area contributed by atoms with Gasteiger partial charge in [0.25, 0.3) is 0 Å². The molecule has 0 unspecified atom stereocenters. The van der Waals surface area contributed by atoms with Crippen molar-refractivity contribution in [3.05, 3.63) is 35.9 Å². The lowest BCUT2D eigenvalue weighted by molar-refractivity contribution is 0.244. The first-order valence-corrected chi connectivity index (χ1v) is 5.73. The van der Waals surface area contributed by atoms with E-state index in [1.807, 2.05) is 0 Å². The molecule has 14 heavy (non-hydrogen) atoms. The van der Waals surface area contributed by atoms with E-state index in [9.17, 15) is 0 Å². The van der Waals surface area contributed by atoms with E-state index in [1.165, 1.54) is 37.8 Å². The van der Waals surface area contributed by atoms with Gasteiger partial charge in [-0.2, -0.15) is 0 Å². The Labute approximate surface area is 85.7 Å². The van der Waals surface area contributed by atoms with Crippen molar-refractivity contribution in [3.8, 4) is 0 Å². The summed E-state index contributed by atoms with van der Waals surface area (Å²) in [6.07, 6.45) is 5.74. The molecule has 2 aliphatic rings. The molecular formula is C13H17N. The average molecular weight is 187 g/mol. The largest absolute Gasteiger partial charge is 0.293 e. The Morgan fingerprint density at radius 3 is 2.00 bits per heavy atom. The van der Waals surface area contributed by atoms with E-state index >= 15 is 0 Å². The second kappa shape index (κ2) is 3.39. The predicted octanol–water partition coefficient (Wildman–Crippen LogP) is 2.81. The molecule has 1 aromatic carbocycles. The van der Waals surface area contributed by atoms with E-state index < -0.39 is 0 Å². The molecule has 3 rings (SSSR count). The number of benzene rings is 1. The van der Waals surface area contributed by atoms with Gasteiger partial charge in [-0.15, -0.1) is 0 Å². The molecule has 0 heterocycles. The zero-order valence-corrected chi connectivity index (χ0v) is 8.52. The normalized spacial score (nSPS) is 21.5. The van der Waals surface area contributed by atoms with Crippen molar-refractivity contribution in [2.45, 2.75) is 44.3 Å². The molecule has 1 nitrogen and oxygen atoms in total. The van der Waals surface area contributed by atoms with Crippen molar-refractivity contribution < 1.29 is 0 Å². The van der Waals surface area contributed by atoms with Gasteiger partial charge >= 0.3 is 0 Å². The molecule has 74 valence electrons. The van der Waals surface area contributed by atoms with Crippen LogP contribution in [0.4, 0.5) is 0 Å². The van der Waals surface area contributed by atoms with Gasteiger partial charge < -0.3 is 0 Å². The highest BCUT2D eigenvalue weighted by Crippen LogP contribution is 2.38. The zero-order chi connectivity index (χ0) is 9.38. The zero-order valence-electron chi connectivity index (χ0n) is 8.52. The van der Waals surface area contributed by atoms with Gasteiger partial charge in [0.15, 0.2) is 0 Å². The summed E-state index contributed by atoms with van der Waals surface area (Å²) in [6, 6.07) is 12.7. The highest BCUT2D eigenvalue weighted by molar-refractivity contribution is 5.15. The Balaban J connectivity index is 1.69. The third kappa shape index (κ3) is 1.83. The van der Waals surface area contributed by atoms with Gasteiger partial charge in [-0.05, 0) is 31.2 Å². The molecule has 0 amide bonds. The summed E-state index contributed by atoms with van der Waals surface area (Å²) in [6.45, 7) is 1.18. The molecule has 0 radical (unpaired) electrons. The number of hydrogen-bond donors (Lipinski definition) is 0. The average Bonchev–Trinajstić information content (AvgIpc) is 3.08. The molecule has 2 aliphatic carbocycles. The lowest BCUT2D eigenvalue weighted by atomic mass is 10.2. The monoisotopic (exact) mass is 187 g/mol. The molecule has 0 bridgehead atoms. The van der Waals surface area contributed by atoms with E-state index in [1.54, 1.807) is 0 Å². The molecule has 0 aliphatic heterocycles. The summed E-state index contributed by atoms with van der Waals surface area (Å²) in [5, 5.41) is 0. The van der Waals surface area contributed by atoms with E-state index in [4.69, 9.17) is 0 Å². The van der Waals surface area contributed by atoms with Crippen LogP contribution < -0.4 is 0 Å². The molecule has 0 saturated heterocycles. The summed E-state index contributed by atoms with van der Waals surface area (Å²) in [5.41, 5.74) is 1.48. The highest BCUT2D eigenvalue weighted by atomic mass is 15.2. The topological polar surface area (TPSA) is 3.24 Å². The van der Waals surface area contributed by atoms with Gasteiger partial charge in [-0.3, -0.25) is 4.90 Å². The first kappa shape index (κ1) is 8.49. The third-order valence-electron chi connectivity index (χ3n) is 3.24. The van der Waals surface area contributed by atoms with Gasteiger partial charge in [0.1, 0.15) is 0 Å². The van der Waals surface area contributed by atoms with E-state index in [0.717, 1.165) is 12.1 Å². The van der Waals surface area contributed by atoms with Crippen LogP contribution >= 0.6 is 0 Å². The van der Waals surface area contributed by atoms with Crippen LogP contribution in [0.25, 0.3) is 0 Å². The second-order valence-electron chi connectivity index (χ2n) is 4.62. The van der Waals surface area contributed by atoms with Gasteiger partial charge in [-0.1, -0.05) is 30.3 Å². The number of hydrogen-bond acceptors (Lipinski definition) is 1. The predicted molar refractivity (Wildman–Crippen MR) is 58.0 cm³/mol. The number of nitrogens with zero attached hydrogens (tertiary/aromatic N) is 1. The summed E-state index contributed by atoms with van der Waals surface area (Å²) in [4.78, 5) is 2.72. The Hall–Kier alpha value is -0.820. The van der Waals surface area contributed by atoms with Crippen molar-refractivity contribution in [1.29, 1.82) is 0 Å². The molecule has 0 aromatic heterocycles. The van der Waals surface area contributed by atoms with Gasteiger partial charge in [0.05, 0.1) is 0 Å². The van der Waals surface area contributed by atoms with Crippen LogP contribution in [0.2, 0.25) is 0 Å². The van der Waals surface area contributed by atoms with E-state index in [-0.39, 0.29) is 0 Å². The molecule has 1 heteroatoms. The fourth-order valence-electron chi connectivity index (χ4n) is 2.16. The molecule has 2 fully saturated rings. The maximum absolute atomic E-state index is 2.72. The van der Waals surface area contributed by atoms with Crippen LogP contribution in [0.15, 0.2) is 30.3 Å². The summed E-state index contributed by atoms with van der Waals surface area (Å²) < 4.78 is 0. The fourth-order valence-corrected chi connectivity index (χ4v) is 2.16. The third-order valence-corrected chi connectivity index (χ3v) is 3.24. The minimum Gasteiger partial charge on any atom is -0.293 e. The molecular weight excluding hydrogens is 170 g/mol. The lowest BCUT2D eigenvalue weighted by Gasteiger charge is -2.21. The molecule has 0 atom stereocenters. The summed E-state index contributed by atoms with van der Waals surface area (Å²) in [7, 11) is 0. The SMILES string of the molecule is c1ccc(CN(C2CC2)C2CC2)cc1. The fraction of sp³-hybridized carbons (Fsp3) is 0.538. The van der Waals surface area contributed by atoms with Crippen LogP contribution in [-0.4, -0.2) is 17.0 Å². The smallest absolute Gasteiger partial charge is 0.0239 e. The van der Waals surface area contributed by atoms with Crippen molar-refractivity contribution in [2.75, 3.05) is 0 Å². The van der Waals surface area contributed by atoms with Crippen molar-refractivity contribution >= 4 is 0 Å². The Kier molecular flexibility index (Phi) is 2.06. The summed E-state index contributed by atoms with van der Waals surface area (Å²) in [5.74, 6) is 0. The molecule has 0 N–H and O–H groups in total. The van der Waals surface area contributed by atoms with Crippen LogP contribution in [-0.2, 0) is 6.54 Å². The number of rotatable bonds is 4. The molecule has 0 spiro atoms. The maximum atomic E-state index is 2.72. The molecule has 1 aromatic rings. The first-order valence-electron chi connectivity index (χ1n) is 5.73. The lowest BCUT2D eigenvalue weighted by Crippen LogP contribution is -2.27. The Bertz CT molecular complexity index is 286. The van der Waals surface area contributed by atoms with Crippen molar-refractivity contribution in [1.82, 2.24) is 4.90 Å². The van der Waals surface area contributed by atoms with Crippen LogP contribution in [0.3, 0.4) is 0 Å². The van der Waals surface area contributed by atoms with Gasteiger partial charge in [0, 0.05) is 18.6 Å². The maximum Gasteiger partial charge on any atom is 0.0239 e. The van der Waals surface area contributed by atoms with Crippen molar-refractivity contribution in [3.63, 3.8) is 0 Å². The standard InChI is InChI=1S/C13H17N/c1-2-4-11(5-3-1)10-14(12-6-7-12)13-8-9-13/h1-5,12-13H,6-10H2. The quantitative estimate of drug-likeness (QED) is 0.700. The van der Waals surface area contributed by atoms with Crippen molar-refractivity contribution in [2.24, 2.45) is 0 Å². The Morgan fingerprint density at radius 1 is 0.929 bits per heavy atom. The van der Waals surface area contributed by atoms with Crippen LogP contribution in [0.1, 0.15) is 31.2 Å². The highest BCUT2D eigenvalue weighted by Gasteiger charge is 2.38. The minimum absolute atomic E-state index is 0.919. The summed E-state index contributed by atoms with van der Waals surface area (Å²) >= 11 is 0. The Morgan fingerprint density at radius 2 is 1.50 bits per heavy atom. The second-order valence-corrected chi connectivity index (χ2v) is 4.62. The van der Waals surface area contributed by atoms with Gasteiger partial charge in [0.2, 0.25) is 0 Å². The van der Waals surface area contributed by atoms with Crippen LogP contribution in [0, 0.1) is 0 Å².